The minimum atomic E-state index is -0.681. The lowest BCUT2D eigenvalue weighted by atomic mass is 10.0. The predicted molar refractivity (Wildman–Crippen MR) is 124 cm³/mol. The Hall–Kier alpha value is -3.20. The van der Waals surface area contributed by atoms with Gasteiger partial charge in [-0.2, -0.15) is 0 Å². The van der Waals surface area contributed by atoms with Crippen molar-refractivity contribution in [3.05, 3.63) is 87.5 Å². The molecule has 1 aliphatic rings. The zero-order chi connectivity index (χ0) is 22.9. The van der Waals surface area contributed by atoms with Gasteiger partial charge in [-0.15, -0.1) is 5.10 Å². The zero-order valence-electron chi connectivity index (χ0n) is 17.4. The molecule has 0 saturated carbocycles. The third-order valence-corrected chi connectivity index (χ3v) is 5.81. The molecule has 0 radical (unpaired) electrons. The number of halogens is 3. The molecule has 2 aromatic heterocycles. The van der Waals surface area contributed by atoms with Crippen LogP contribution in [0, 0.1) is 12.7 Å². The third-order valence-electron chi connectivity index (χ3n) is 5.17. The van der Waals surface area contributed by atoms with Crippen LogP contribution in [0.1, 0.15) is 16.7 Å². The molecule has 0 fully saturated rings. The molecule has 168 valence electrons. The van der Waals surface area contributed by atoms with E-state index in [0.717, 1.165) is 11.1 Å². The number of amidine groups is 1. The van der Waals surface area contributed by atoms with Gasteiger partial charge in [0.1, 0.15) is 6.33 Å². The summed E-state index contributed by atoms with van der Waals surface area (Å²) in [6, 6.07) is 12.0. The third kappa shape index (κ3) is 4.50. The Labute approximate surface area is 198 Å². The highest BCUT2D eigenvalue weighted by Gasteiger charge is 2.23. The van der Waals surface area contributed by atoms with Crippen LogP contribution in [0.15, 0.2) is 60.0 Å². The van der Waals surface area contributed by atoms with Gasteiger partial charge in [0.15, 0.2) is 17.4 Å². The predicted octanol–water partition coefficient (Wildman–Crippen LogP) is 5.17. The fraction of sp³-hybridized carbons (Fsp3) is 0.174. The van der Waals surface area contributed by atoms with E-state index < -0.39 is 5.82 Å². The van der Waals surface area contributed by atoms with Crippen LogP contribution < -0.4 is 10.2 Å². The Morgan fingerprint density at radius 3 is 2.94 bits per heavy atom. The van der Waals surface area contributed by atoms with Crippen LogP contribution in [-0.2, 0) is 11.3 Å². The Kier molecular flexibility index (Phi) is 5.88. The molecule has 33 heavy (non-hydrogen) atoms. The van der Waals surface area contributed by atoms with Crippen molar-refractivity contribution >= 4 is 34.6 Å². The van der Waals surface area contributed by atoms with Crippen molar-refractivity contribution in [2.45, 2.75) is 19.4 Å². The van der Waals surface area contributed by atoms with Gasteiger partial charge in [0.2, 0.25) is 5.88 Å². The van der Waals surface area contributed by atoms with E-state index >= 15 is 0 Å². The fourth-order valence-corrected chi connectivity index (χ4v) is 3.99. The van der Waals surface area contributed by atoms with E-state index in [0.29, 0.717) is 35.0 Å². The topological polar surface area (TPSA) is 73.0 Å². The van der Waals surface area contributed by atoms with E-state index in [-0.39, 0.29) is 22.7 Å². The smallest absolute Gasteiger partial charge is 0.248 e. The molecule has 1 aliphatic heterocycles. The lowest BCUT2D eigenvalue weighted by Gasteiger charge is -2.23. The number of aryl methyl sites for hydroxylation is 1. The average molecular weight is 486 g/mol. The molecule has 3 heterocycles. The molecule has 10 heteroatoms. The standard InChI is InChI=1S/C23H18Cl2FN5O2/c1-13-5-6-14(19(25)7-13)8-15-11-32-30-22(28-15)17-9-16-10-27-12-31(16)29-23(17)33-20-4-2-3-18(24)21(20)26/h2-7,9-10,12,15H,8,11H2,1H3,(H,28,30)/t15-/m1/s1. The summed E-state index contributed by atoms with van der Waals surface area (Å²) >= 11 is 12.3. The summed E-state index contributed by atoms with van der Waals surface area (Å²) in [4.78, 5) is 14.5. The highest BCUT2D eigenvalue weighted by molar-refractivity contribution is 6.31. The largest absolute Gasteiger partial charge is 0.434 e. The van der Waals surface area contributed by atoms with Crippen LogP contribution in [0.2, 0.25) is 10.0 Å². The second-order valence-corrected chi connectivity index (χ2v) is 8.44. The number of nitrogens with zero attached hydrogens (tertiary/aromatic N) is 4. The van der Waals surface area contributed by atoms with Crippen molar-refractivity contribution < 1.29 is 14.0 Å². The average Bonchev–Trinajstić information content (AvgIpc) is 3.26. The minimum absolute atomic E-state index is 0.0516. The van der Waals surface area contributed by atoms with Gasteiger partial charge in [0, 0.05) is 5.02 Å². The summed E-state index contributed by atoms with van der Waals surface area (Å²) in [6.07, 6.45) is 3.76. The van der Waals surface area contributed by atoms with Gasteiger partial charge in [0.25, 0.3) is 0 Å². The number of rotatable bonds is 5. The molecule has 1 atom stereocenters. The normalized spacial score (nSPS) is 15.9. The molecule has 0 spiro atoms. The number of ether oxygens (including phenoxy) is 1. The molecule has 0 bridgehead atoms. The Bertz CT molecular complexity index is 1370. The number of nitrogens with one attached hydrogen (secondary N) is 1. The molecule has 1 N–H and O–H groups in total. The van der Waals surface area contributed by atoms with Gasteiger partial charge in [-0.3, -0.25) is 9.83 Å². The SMILES string of the molecule is Cc1ccc(C[C@@H]2CONC(c3cc4cncn4nc3Oc3cccc(Cl)c3F)=N2)c(Cl)c1. The van der Waals surface area contributed by atoms with Crippen molar-refractivity contribution in [3.8, 4) is 11.6 Å². The molecule has 0 aliphatic carbocycles. The highest BCUT2D eigenvalue weighted by atomic mass is 35.5. The van der Waals surface area contributed by atoms with Crippen molar-refractivity contribution in [3.63, 3.8) is 0 Å². The Balaban J connectivity index is 1.52. The Morgan fingerprint density at radius 2 is 2.09 bits per heavy atom. The van der Waals surface area contributed by atoms with E-state index in [1.54, 1.807) is 18.3 Å². The van der Waals surface area contributed by atoms with Gasteiger partial charge >= 0.3 is 0 Å². The van der Waals surface area contributed by atoms with Crippen molar-refractivity contribution in [2.24, 2.45) is 4.99 Å². The Morgan fingerprint density at radius 1 is 1.21 bits per heavy atom. The quantitative estimate of drug-likeness (QED) is 0.422. The maximum absolute atomic E-state index is 14.5. The van der Waals surface area contributed by atoms with Crippen LogP contribution in [0.25, 0.3) is 5.52 Å². The van der Waals surface area contributed by atoms with Gasteiger partial charge in [-0.05, 0) is 48.7 Å². The molecule has 0 saturated heterocycles. The monoisotopic (exact) mass is 485 g/mol. The first-order chi connectivity index (χ1) is 16.0. The van der Waals surface area contributed by atoms with E-state index in [9.17, 15) is 4.39 Å². The summed E-state index contributed by atoms with van der Waals surface area (Å²) in [5.41, 5.74) is 6.09. The molecule has 0 amide bonds. The van der Waals surface area contributed by atoms with Gasteiger partial charge in [0.05, 0.1) is 34.9 Å². The number of aromatic nitrogens is 3. The molecule has 7 nitrogen and oxygen atoms in total. The van der Waals surface area contributed by atoms with Crippen molar-refractivity contribution in [2.75, 3.05) is 6.61 Å². The molecule has 2 aromatic carbocycles. The van der Waals surface area contributed by atoms with Crippen LogP contribution >= 0.6 is 23.2 Å². The molecular formula is C23H18Cl2FN5O2. The summed E-state index contributed by atoms with van der Waals surface area (Å²) in [7, 11) is 0. The number of aliphatic imine (C=N–C) groups is 1. The first-order valence-electron chi connectivity index (χ1n) is 10.1. The molecule has 5 rings (SSSR count). The summed E-state index contributed by atoms with van der Waals surface area (Å²) in [5.74, 6) is -0.219. The van der Waals surface area contributed by atoms with Gasteiger partial charge in [-0.1, -0.05) is 41.4 Å². The number of imidazole rings is 1. The second-order valence-electron chi connectivity index (χ2n) is 7.62. The number of fused-ring (bicyclic) bond motifs is 1. The fourth-order valence-electron chi connectivity index (χ4n) is 3.51. The summed E-state index contributed by atoms with van der Waals surface area (Å²) in [5, 5.41) is 5.07. The highest BCUT2D eigenvalue weighted by Crippen LogP contribution is 2.31. The van der Waals surface area contributed by atoms with Crippen LogP contribution in [0.3, 0.4) is 0 Å². The van der Waals surface area contributed by atoms with E-state index in [2.05, 4.69) is 15.6 Å². The van der Waals surface area contributed by atoms with Crippen LogP contribution in [-0.4, -0.2) is 33.1 Å². The van der Waals surface area contributed by atoms with Crippen molar-refractivity contribution in [1.29, 1.82) is 0 Å². The maximum atomic E-state index is 14.5. The number of hydrogen-bond acceptors (Lipinski definition) is 6. The van der Waals surface area contributed by atoms with E-state index in [1.165, 1.54) is 23.0 Å². The van der Waals surface area contributed by atoms with E-state index in [4.69, 9.17) is 37.8 Å². The molecule has 4 aromatic rings. The molecule has 0 unspecified atom stereocenters. The van der Waals surface area contributed by atoms with Crippen LogP contribution in [0.4, 0.5) is 4.39 Å². The summed E-state index contributed by atoms with van der Waals surface area (Å²) < 4.78 is 21.8. The maximum Gasteiger partial charge on any atom is 0.248 e. The van der Waals surface area contributed by atoms with E-state index in [1.807, 2.05) is 25.1 Å². The lowest BCUT2D eigenvalue weighted by molar-refractivity contribution is 0.0623. The van der Waals surface area contributed by atoms with Crippen LogP contribution in [0.5, 0.6) is 11.6 Å². The second kappa shape index (κ2) is 8.97. The molecular weight excluding hydrogens is 468 g/mol. The number of hydrogen-bond donors (Lipinski definition) is 1. The van der Waals surface area contributed by atoms with Gasteiger partial charge in [-0.25, -0.2) is 19.4 Å². The number of benzene rings is 2. The first kappa shape index (κ1) is 21.6. The minimum Gasteiger partial charge on any atom is -0.434 e. The first-order valence-corrected chi connectivity index (χ1v) is 10.9. The zero-order valence-corrected chi connectivity index (χ0v) is 18.9. The summed E-state index contributed by atoms with van der Waals surface area (Å²) in [6.45, 7) is 2.35. The van der Waals surface area contributed by atoms with Gasteiger partial charge < -0.3 is 4.74 Å². The number of hydroxylamine groups is 1. The van der Waals surface area contributed by atoms with Crippen molar-refractivity contribution in [1.82, 2.24) is 20.1 Å². The lowest BCUT2D eigenvalue weighted by Crippen LogP contribution is -2.37.